The van der Waals surface area contributed by atoms with Crippen molar-refractivity contribution >= 4 is 5.52 Å². The molecule has 4 nitrogen and oxygen atoms in total. The number of fused-ring (bicyclic) bond motifs is 1. The number of pyridine rings is 1. The van der Waals surface area contributed by atoms with Crippen LogP contribution in [0.5, 0.6) is 5.75 Å². The predicted molar refractivity (Wildman–Crippen MR) is 52.2 cm³/mol. The molecule has 2 heterocycles. The highest BCUT2D eigenvalue weighted by Gasteiger charge is 2.08. The lowest BCUT2D eigenvalue weighted by Crippen LogP contribution is -2.07. The van der Waals surface area contributed by atoms with Crippen molar-refractivity contribution in [2.75, 3.05) is 0 Å². The zero-order valence-electron chi connectivity index (χ0n) is 7.88. The maximum atomic E-state index is 9.50. The summed E-state index contributed by atoms with van der Waals surface area (Å²) >= 11 is 0. The summed E-state index contributed by atoms with van der Waals surface area (Å²) in [6.45, 7) is 1.71. The van der Waals surface area contributed by atoms with Crippen LogP contribution in [0.25, 0.3) is 5.52 Å². The number of aromatic hydroxyl groups is 1. The maximum absolute atomic E-state index is 9.50. The topological polar surface area (TPSA) is 57.8 Å². The van der Waals surface area contributed by atoms with Crippen LogP contribution in [-0.2, 0) is 6.42 Å². The van der Waals surface area contributed by atoms with Crippen molar-refractivity contribution < 1.29 is 10.2 Å². The molecule has 0 aliphatic heterocycles. The lowest BCUT2D eigenvalue weighted by molar-refractivity contribution is 0.192. The van der Waals surface area contributed by atoms with Gasteiger partial charge in [0.05, 0.1) is 12.3 Å². The van der Waals surface area contributed by atoms with Crippen molar-refractivity contribution in [3.8, 4) is 5.75 Å². The summed E-state index contributed by atoms with van der Waals surface area (Å²) in [4.78, 5) is 4.14. The van der Waals surface area contributed by atoms with E-state index in [1.807, 2.05) is 6.20 Å². The summed E-state index contributed by atoms with van der Waals surface area (Å²) in [6.07, 6.45) is 3.48. The van der Waals surface area contributed by atoms with Crippen LogP contribution in [0.3, 0.4) is 0 Å². The van der Waals surface area contributed by atoms with Crippen molar-refractivity contribution in [3.63, 3.8) is 0 Å². The van der Waals surface area contributed by atoms with E-state index >= 15 is 0 Å². The van der Waals surface area contributed by atoms with Crippen LogP contribution in [0.2, 0.25) is 0 Å². The Morgan fingerprint density at radius 2 is 2.36 bits per heavy atom. The largest absolute Gasteiger partial charge is 0.506 e. The van der Waals surface area contributed by atoms with Crippen molar-refractivity contribution in [1.82, 2.24) is 9.38 Å². The molecule has 0 bridgehead atoms. The zero-order chi connectivity index (χ0) is 10.1. The van der Waals surface area contributed by atoms with Gasteiger partial charge in [-0.15, -0.1) is 0 Å². The van der Waals surface area contributed by atoms with Gasteiger partial charge in [-0.3, -0.25) is 0 Å². The van der Waals surface area contributed by atoms with Gasteiger partial charge in [0.2, 0.25) is 0 Å². The van der Waals surface area contributed by atoms with E-state index in [2.05, 4.69) is 4.98 Å². The second-order valence-corrected chi connectivity index (χ2v) is 3.38. The summed E-state index contributed by atoms with van der Waals surface area (Å²) in [5, 5.41) is 18.7. The predicted octanol–water partition coefficient (Wildman–Crippen LogP) is 0.963. The number of hydrogen-bond donors (Lipinski definition) is 2. The molecule has 0 amide bonds. The highest BCUT2D eigenvalue weighted by molar-refractivity contribution is 5.58. The monoisotopic (exact) mass is 192 g/mol. The fraction of sp³-hybridized carbons (Fsp3) is 0.300. The van der Waals surface area contributed by atoms with Crippen molar-refractivity contribution in [1.29, 1.82) is 0 Å². The van der Waals surface area contributed by atoms with Crippen LogP contribution >= 0.6 is 0 Å². The van der Waals surface area contributed by atoms with E-state index in [-0.39, 0.29) is 5.75 Å². The molecule has 74 valence electrons. The number of imidazole rings is 1. The fourth-order valence-corrected chi connectivity index (χ4v) is 1.48. The molecule has 1 atom stereocenters. The molecule has 0 saturated heterocycles. The summed E-state index contributed by atoms with van der Waals surface area (Å²) in [5.41, 5.74) is 0.670. The van der Waals surface area contributed by atoms with Gasteiger partial charge in [0.15, 0.2) is 0 Å². The first-order valence-corrected chi connectivity index (χ1v) is 4.50. The number of aromatic nitrogens is 2. The third kappa shape index (κ3) is 1.44. The molecule has 0 aliphatic rings. The van der Waals surface area contributed by atoms with Gasteiger partial charge >= 0.3 is 0 Å². The second kappa shape index (κ2) is 3.31. The van der Waals surface area contributed by atoms with Gasteiger partial charge in [0.25, 0.3) is 0 Å². The van der Waals surface area contributed by atoms with Crippen molar-refractivity contribution in [3.05, 3.63) is 30.4 Å². The molecule has 1 unspecified atom stereocenters. The van der Waals surface area contributed by atoms with Crippen LogP contribution in [0, 0.1) is 0 Å². The summed E-state index contributed by atoms with van der Waals surface area (Å²) in [7, 11) is 0. The van der Waals surface area contributed by atoms with Gasteiger partial charge in [-0.25, -0.2) is 4.98 Å². The van der Waals surface area contributed by atoms with Crippen molar-refractivity contribution in [2.24, 2.45) is 0 Å². The molecule has 14 heavy (non-hydrogen) atoms. The van der Waals surface area contributed by atoms with Crippen LogP contribution in [0.15, 0.2) is 24.5 Å². The molecule has 2 aromatic heterocycles. The first-order chi connectivity index (χ1) is 6.68. The average molecular weight is 192 g/mol. The van der Waals surface area contributed by atoms with E-state index in [1.165, 1.54) is 0 Å². The van der Waals surface area contributed by atoms with Crippen LogP contribution in [-0.4, -0.2) is 25.7 Å². The average Bonchev–Trinajstić information content (AvgIpc) is 2.49. The molecule has 4 heteroatoms. The Balaban J connectivity index is 2.52. The number of aliphatic hydroxyl groups excluding tert-OH is 1. The molecule has 2 aromatic rings. The minimum absolute atomic E-state index is 0.205. The Kier molecular flexibility index (Phi) is 2.13. The normalized spacial score (nSPS) is 13.3. The third-order valence-electron chi connectivity index (χ3n) is 2.10. The number of hydrogen-bond acceptors (Lipinski definition) is 3. The first-order valence-electron chi connectivity index (χ1n) is 4.50. The smallest absolute Gasteiger partial charge is 0.141 e. The molecule has 2 N–H and O–H groups in total. The van der Waals surface area contributed by atoms with Gasteiger partial charge < -0.3 is 14.6 Å². The Morgan fingerprint density at radius 3 is 3.07 bits per heavy atom. The molecule has 0 saturated carbocycles. The Morgan fingerprint density at radius 1 is 1.57 bits per heavy atom. The van der Waals surface area contributed by atoms with Crippen LogP contribution < -0.4 is 0 Å². The van der Waals surface area contributed by atoms with E-state index in [1.54, 1.807) is 29.7 Å². The van der Waals surface area contributed by atoms with Crippen LogP contribution in [0.4, 0.5) is 0 Å². The number of nitrogens with zero attached hydrogens (tertiary/aromatic N) is 2. The summed E-state index contributed by atoms with van der Waals surface area (Å²) in [6, 6.07) is 3.36. The molecule has 0 radical (unpaired) electrons. The maximum Gasteiger partial charge on any atom is 0.141 e. The lowest BCUT2D eigenvalue weighted by Gasteiger charge is -2.03. The molecular weight excluding hydrogens is 180 g/mol. The first kappa shape index (κ1) is 9.02. The zero-order valence-corrected chi connectivity index (χ0v) is 7.88. The van der Waals surface area contributed by atoms with E-state index in [4.69, 9.17) is 0 Å². The molecule has 0 aliphatic carbocycles. The minimum Gasteiger partial charge on any atom is -0.506 e. The van der Waals surface area contributed by atoms with E-state index in [0.29, 0.717) is 11.9 Å². The second-order valence-electron chi connectivity index (χ2n) is 3.38. The fourth-order valence-electron chi connectivity index (χ4n) is 1.48. The molecule has 0 spiro atoms. The van der Waals surface area contributed by atoms with Gasteiger partial charge in [-0.1, -0.05) is 0 Å². The SMILES string of the molecule is CC(O)Cc1ncc2c(O)cccn12. The van der Waals surface area contributed by atoms with Crippen molar-refractivity contribution in [2.45, 2.75) is 19.4 Å². The Hall–Kier alpha value is -1.55. The van der Waals surface area contributed by atoms with Crippen LogP contribution in [0.1, 0.15) is 12.7 Å². The highest BCUT2D eigenvalue weighted by Crippen LogP contribution is 2.18. The quantitative estimate of drug-likeness (QED) is 0.745. The number of aliphatic hydroxyl groups is 1. The third-order valence-corrected chi connectivity index (χ3v) is 2.10. The number of rotatable bonds is 2. The molecule has 0 fully saturated rings. The Labute approximate surface area is 81.5 Å². The van der Waals surface area contributed by atoms with Gasteiger partial charge in [-0.2, -0.15) is 0 Å². The van der Waals surface area contributed by atoms with E-state index < -0.39 is 6.10 Å². The highest BCUT2D eigenvalue weighted by atomic mass is 16.3. The molecule has 0 aromatic carbocycles. The lowest BCUT2D eigenvalue weighted by atomic mass is 10.3. The Bertz CT molecular complexity index is 448. The van der Waals surface area contributed by atoms with E-state index in [9.17, 15) is 10.2 Å². The summed E-state index contributed by atoms with van der Waals surface area (Å²) in [5.74, 6) is 0.961. The minimum atomic E-state index is -0.428. The van der Waals surface area contributed by atoms with Gasteiger partial charge in [0.1, 0.15) is 17.1 Å². The van der Waals surface area contributed by atoms with Gasteiger partial charge in [-0.05, 0) is 19.1 Å². The van der Waals surface area contributed by atoms with E-state index in [0.717, 1.165) is 5.82 Å². The van der Waals surface area contributed by atoms with Gasteiger partial charge in [0, 0.05) is 12.6 Å². The standard InChI is InChI=1S/C10H12N2O2/c1-7(13)5-10-11-6-8-9(14)3-2-4-12(8)10/h2-4,6-7,13-14H,5H2,1H3. The summed E-state index contributed by atoms with van der Waals surface area (Å²) < 4.78 is 1.78. The molecule has 2 rings (SSSR count). The molecular formula is C10H12N2O2.